The van der Waals surface area contributed by atoms with E-state index >= 15 is 0 Å². The lowest BCUT2D eigenvalue weighted by atomic mass is 10.1. The number of rotatable bonds is 7. The summed E-state index contributed by atoms with van der Waals surface area (Å²) in [5.41, 5.74) is 3.29. The number of benzene rings is 2. The van der Waals surface area contributed by atoms with Gasteiger partial charge in [0.1, 0.15) is 11.3 Å². The van der Waals surface area contributed by atoms with Gasteiger partial charge in [-0.1, -0.05) is 35.0 Å². The van der Waals surface area contributed by atoms with Crippen LogP contribution in [0.15, 0.2) is 70.2 Å². The molecule has 30 heavy (non-hydrogen) atoms. The van der Waals surface area contributed by atoms with Gasteiger partial charge in [-0.25, -0.2) is 4.98 Å². The second-order valence-electron chi connectivity index (χ2n) is 7.23. The molecule has 2 aromatic carbocycles. The van der Waals surface area contributed by atoms with E-state index in [1.54, 1.807) is 6.07 Å². The maximum atomic E-state index is 12.7. The average molecular weight is 467 g/mol. The Balaban J connectivity index is 1.68. The first-order chi connectivity index (χ1) is 14.6. The lowest BCUT2D eigenvalue weighted by Gasteiger charge is -2.17. The van der Waals surface area contributed by atoms with Gasteiger partial charge in [0.25, 0.3) is 5.56 Å². The van der Waals surface area contributed by atoms with Gasteiger partial charge in [-0.3, -0.25) is 4.79 Å². The smallest absolute Gasteiger partial charge is 0.258 e. The number of aromatic nitrogens is 3. The molecule has 0 aliphatic heterocycles. The van der Waals surface area contributed by atoms with Crippen LogP contribution in [-0.2, 0) is 6.42 Å². The molecule has 0 aliphatic rings. The fourth-order valence-electron chi connectivity index (χ4n) is 3.43. The summed E-state index contributed by atoms with van der Waals surface area (Å²) >= 11 is 3.46. The first-order valence-electron chi connectivity index (χ1n) is 9.89. The van der Waals surface area contributed by atoms with Gasteiger partial charge < -0.3 is 20.0 Å². The molecule has 0 fully saturated rings. The molecule has 0 radical (unpaired) electrons. The number of aromatic amines is 1. The normalized spacial score (nSPS) is 12.2. The van der Waals surface area contributed by atoms with E-state index in [1.165, 1.54) is 0 Å². The van der Waals surface area contributed by atoms with E-state index in [4.69, 9.17) is 4.98 Å². The third-order valence-electron chi connectivity index (χ3n) is 5.11. The van der Waals surface area contributed by atoms with Gasteiger partial charge in [-0.05, 0) is 48.4 Å². The Morgan fingerprint density at radius 1 is 1.20 bits per heavy atom. The highest BCUT2D eigenvalue weighted by atomic mass is 79.9. The van der Waals surface area contributed by atoms with Gasteiger partial charge in [0.05, 0.1) is 17.7 Å². The van der Waals surface area contributed by atoms with Crippen LogP contribution in [0.3, 0.4) is 0 Å². The van der Waals surface area contributed by atoms with E-state index in [-0.39, 0.29) is 18.2 Å². The molecule has 4 rings (SSSR count). The quantitative estimate of drug-likeness (QED) is 0.380. The van der Waals surface area contributed by atoms with Gasteiger partial charge in [0, 0.05) is 35.0 Å². The molecule has 0 unspecified atom stereocenters. The summed E-state index contributed by atoms with van der Waals surface area (Å²) in [6.07, 6.45) is 5.28. The Morgan fingerprint density at radius 3 is 2.60 bits per heavy atom. The summed E-state index contributed by atoms with van der Waals surface area (Å²) in [5.74, 6) is 0.601. The van der Waals surface area contributed by atoms with Crippen LogP contribution in [0.4, 0.5) is 5.69 Å². The van der Waals surface area contributed by atoms with Crippen molar-refractivity contribution in [3.8, 4) is 5.69 Å². The largest absolute Gasteiger partial charge is 0.394 e. The molecule has 6 nitrogen and oxygen atoms in total. The molecule has 154 valence electrons. The number of hydrogen-bond donors (Lipinski definition) is 3. The predicted molar refractivity (Wildman–Crippen MR) is 123 cm³/mol. The number of anilines is 1. The topological polar surface area (TPSA) is 82.9 Å². The molecule has 0 saturated heterocycles. The fraction of sp³-hybridized carbons (Fsp3) is 0.217. The van der Waals surface area contributed by atoms with Crippen LogP contribution < -0.4 is 10.9 Å². The molecule has 3 N–H and O–H groups in total. The van der Waals surface area contributed by atoms with Crippen LogP contribution in [0.1, 0.15) is 24.7 Å². The first kappa shape index (κ1) is 20.4. The van der Waals surface area contributed by atoms with Crippen molar-refractivity contribution in [2.24, 2.45) is 0 Å². The number of fused-ring (bicyclic) bond motifs is 1. The Labute approximate surface area is 182 Å². The number of H-pyrrole nitrogens is 1. The molecule has 4 aromatic rings. The van der Waals surface area contributed by atoms with Crippen molar-refractivity contribution in [2.75, 3.05) is 11.9 Å². The van der Waals surface area contributed by atoms with Gasteiger partial charge in [0.15, 0.2) is 0 Å². The molecule has 0 saturated carbocycles. The molecule has 0 amide bonds. The van der Waals surface area contributed by atoms with E-state index < -0.39 is 0 Å². The standard InChI is InChI=1S/C23H23BrN4O2/c1-2-17(14-29)25-20-13-16(24)12-19-22(20)26-21(27-23(19)30)11-15-5-7-18(8-6-15)28-9-3-4-10-28/h3-10,12-13,17,25,29H,2,11,14H2,1H3,(H,26,27,30)/t17-/m1/s1. The summed E-state index contributed by atoms with van der Waals surface area (Å²) in [5, 5.41) is 13.4. The Morgan fingerprint density at radius 2 is 1.93 bits per heavy atom. The number of nitrogens with zero attached hydrogens (tertiary/aromatic N) is 2. The van der Waals surface area contributed by atoms with Crippen molar-refractivity contribution < 1.29 is 5.11 Å². The van der Waals surface area contributed by atoms with Gasteiger partial charge in [0.2, 0.25) is 0 Å². The Hall–Kier alpha value is -2.90. The molecular weight excluding hydrogens is 444 g/mol. The molecule has 0 aliphatic carbocycles. The lowest BCUT2D eigenvalue weighted by molar-refractivity contribution is 0.272. The van der Waals surface area contributed by atoms with Crippen molar-refractivity contribution in [3.05, 3.63) is 87.1 Å². The zero-order chi connectivity index (χ0) is 21.1. The van der Waals surface area contributed by atoms with Crippen LogP contribution in [0, 0.1) is 0 Å². The van der Waals surface area contributed by atoms with Crippen LogP contribution >= 0.6 is 15.9 Å². The molecule has 1 atom stereocenters. The maximum absolute atomic E-state index is 12.7. The van der Waals surface area contributed by atoms with Crippen LogP contribution in [0.2, 0.25) is 0 Å². The van der Waals surface area contributed by atoms with E-state index in [1.807, 2.05) is 66.3 Å². The second-order valence-corrected chi connectivity index (χ2v) is 8.14. The predicted octanol–water partition coefficient (Wildman–Crippen LogP) is 4.25. The minimum absolute atomic E-state index is 0.00823. The minimum Gasteiger partial charge on any atom is -0.394 e. The number of nitrogens with one attached hydrogen (secondary N) is 2. The van der Waals surface area contributed by atoms with Crippen molar-refractivity contribution in [1.82, 2.24) is 14.5 Å². The van der Waals surface area contributed by atoms with Crippen molar-refractivity contribution in [2.45, 2.75) is 25.8 Å². The Kier molecular flexibility index (Phi) is 6.01. The number of hydrogen-bond acceptors (Lipinski definition) is 4. The highest BCUT2D eigenvalue weighted by Gasteiger charge is 2.13. The summed E-state index contributed by atoms with van der Waals surface area (Å²) in [7, 11) is 0. The first-order valence-corrected chi connectivity index (χ1v) is 10.7. The lowest BCUT2D eigenvalue weighted by Crippen LogP contribution is -2.23. The highest BCUT2D eigenvalue weighted by Crippen LogP contribution is 2.26. The van der Waals surface area contributed by atoms with Gasteiger partial charge in [-0.15, -0.1) is 0 Å². The molecule has 7 heteroatoms. The second kappa shape index (κ2) is 8.85. The zero-order valence-corrected chi connectivity index (χ0v) is 18.2. The summed E-state index contributed by atoms with van der Waals surface area (Å²) in [6, 6.07) is 15.7. The highest BCUT2D eigenvalue weighted by molar-refractivity contribution is 9.10. The van der Waals surface area contributed by atoms with E-state index in [0.29, 0.717) is 23.1 Å². The molecule has 2 aromatic heterocycles. The summed E-state index contributed by atoms with van der Waals surface area (Å²) < 4.78 is 2.83. The van der Waals surface area contributed by atoms with E-state index in [9.17, 15) is 9.90 Å². The van der Waals surface area contributed by atoms with Crippen LogP contribution in [-0.4, -0.2) is 32.3 Å². The number of aliphatic hydroxyl groups is 1. The van der Waals surface area contributed by atoms with Gasteiger partial charge >= 0.3 is 0 Å². The van der Waals surface area contributed by atoms with Crippen molar-refractivity contribution in [1.29, 1.82) is 0 Å². The van der Waals surface area contributed by atoms with Gasteiger partial charge in [-0.2, -0.15) is 0 Å². The number of halogens is 1. The van der Waals surface area contributed by atoms with E-state index in [2.05, 4.69) is 26.2 Å². The number of aliphatic hydroxyl groups excluding tert-OH is 1. The third kappa shape index (κ3) is 4.32. The minimum atomic E-state index is -0.180. The zero-order valence-electron chi connectivity index (χ0n) is 16.6. The Bertz CT molecular complexity index is 1200. The molecular formula is C23H23BrN4O2. The summed E-state index contributed by atoms with van der Waals surface area (Å²) in [6.45, 7) is 2.01. The SMILES string of the molecule is CC[C@H](CO)Nc1cc(Br)cc2c(=O)[nH]c(Cc3ccc(-n4cccc4)cc3)nc12. The fourth-order valence-corrected chi connectivity index (χ4v) is 3.89. The molecule has 2 heterocycles. The third-order valence-corrected chi connectivity index (χ3v) is 5.57. The average Bonchev–Trinajstić information content (AvgIpc) is 3.28. The van der Waals surface area contributed by atoms with Crippen molar-refractivity contribution >= 4 is 32.5 Å². The van der Waals surface area contributed by atoms with Crippen LogP contribution in [0.5, 0.6) is 0 Å². The molecule has 0 bridgehead atoms. The monoisotopic (exact) mass is 466 g/mol. The molecule has 0 spiro atoms. The summed E-state index contributed by atoms with van der Waals surface area (Å²) in [4.78, 5) is 20.4. The van der Waals surface area contributed by atoms with Crippen LogP contribution in [0.25, 0.3) is 16.6 Å². The van der Waals surface area contributed by atoms with E-state index in [0.717, 1.165) is 27.8 Å². The maximum Gasteiger partial charge on any atom is 0.258 e. The van der Waals surface area contributed by atoms with Crippen molar-refractivity contribution in [3.63, 3.8) is 0 Å².